The molecule has 0 aliphatic rings. The summed E-state index contributed by atoms with van der Waals surface area (Å²) in [7, 11) is 2.89. The monoisotopic (exact) mass is 361 g/mol. The zero-order chi connectivity index (χ0) is 19.3. The molecular weight excluding hydrogens is 338 g/mol. The lowest BCUT2D eigenvalue weighted by Gasteiger charge is -2.15. The van der Waals surface area contributed by atoms with Crippen LogP contribution in [0.25, 0.3) is 0 Å². The van der Waals surface area contributed by atoms with Gasteiger partial charge in [-0.3, -0.25) is 9.59 Å². The predicted octanol–water partition coefficient (Wildman–Crippen LogP) is 2.00. The fourth-order valence-electron chi connectivity index (χ4n) is 2.47. The van der Waals surface area contributed by atoms with Crippen molar-refractivity contribution in [1.82, 2.24) is 14.7 Å². The highest BCUT2D eigenvalue weighted by Crippen LogP contribution is 2.17. The molecule has 0 spiro atoms. The second-order valence-corrected chi connectivity index (χ2v) is 5.97. The lowest BCUT2D eigenvalue weighted by atomic mass is 10.2. The second kappa shape index (κ2) is 8.46. The van der Waals surface area contributed by atoms with E-state index < -0.39 is 5.97 Å². The number of methoxy groups -OCH3 is 1. The molecule has 0 fully saturated rings. The lowest BCUT2D eigenvalue weighted by Crippen LogP contribution is -2.31. The number of amides is 1. The van der Waals surface area contributed by atoms with Gasteiger partial charge in [0.15, 0.2) is 0 Å². The normalized spacial score (nSPS) is 10.6. The SMILES string of the molecule is CCCCn1nc(C(=O)N(C)Cc2cc(C(=O)OC)c(C)o2)ccc1=O. The first kappa shape index (κ1) is 19.4. The van der Waals surface area contributed by atoms with Crippen LogP contribution in [0, 0.1) is 6.92 Å². The number of aryl methyl sites for hydroxylation is 2. The Balaban J connectivity index is 2.15. The van der Waals surface area contributed by atoms with E-state index in [-0.39, 0.29) is 23.7 Å². The van der Waals surface area contributed by atoms with Gasteiger partial charge in [0.2, 0.25) is 0 Å². The summed E-state index contributed by atoms with van der Waals surface area (Å²) in [6.07, 6.45) is 1.73. The molecule has 0 aliphatic carbocycles. The smallest absolute Gasteiger partial charge is 0.341 e. The van der Waals surface area contributed by atoms with Crippen LogP contribution in [0.3, 0.4) is 0 Å². The maximum Gasteiger partial charge on any atom is 0.341 e. The summed E-state index contributed by atoms with van der Waals surface area (Å²) in [5.41, 5.74) is 0.274. The maximum absolute atomic E-state index is 12.6. The van der Waals surface area contributed by atoms with Gasteiger partial charge in [0.25, 0.3) is 11.5 Å². The van der Waals surface area contributed by atoms with Crippen LogP contribution in [-0.2, 0) is 17.8 Å². The topological polar surface area (TPSA) is 94.6 Å². The van der Waals surface area contributed by atoms with Crippen LogP contribution in [0.4, 0.5) is 0 Å². The fraction of sp³-hybridized carbons (Fsp3) is 0.444. The highest BCUT2D eigenvalue weighted by Gasteiger charge is 2.20. The van der Waals surface area contributed by atoms with E-state index in [9.17, 15) is 14.4 Å². The highest BCUT2D eigenvalue weighted by molar-refractivity contribution is 5.92. The summed E-state index contributed by atoms with van der Waals surface area (Å²) >= 11 is 0. The summed E-state index contributed by atoms with van der Waals surface area (Å²) in [5, 5.41) is 4.14. The largest absolute Gasteiger partial charge is 0.465 e. The number of carbonyl (C=O) groups excluding carboxylic acids is 2. The van der Waals surface area contributed by atoms with Crippen molar-refractivity contribution in [2.45, 2.75) is 39.8 Å². The first-order valence-electron chi connectivity index (χ1n) is 8.38. The second-order valence-electron chi connectivity index (χ2n) is 5.97. The first-order valence-corrected chi connectivity index (χ1v) is 8.38. The number of unbranched alkanes of at least 4 members (excludes halogenated alkanes) is 1. The van der Waals surface area contributed by atoms with Crippen LogP contribution >= 0.6 is 0 Å². The molecule has 2 rings (SSSR count). The van der Waals surface area contributed by atoms with Gasteiger partial charge >= 0.3 is 5.97 Å². The molecule has 0 unspecified atom stereocenters. The molecule has 2 aromatic rings. The van der Waals surface area contributed by atoms with Crippen LogP contribution in [-0.4, -0.2) is 40.7 Å². The minimum atomic E-state index is -0.490. The molecule has 8 nitrogen and oxygen atoms in total. The molecule has 0 atom stereocenters. The van der Waals surface area contributed by atoms with Crippen molar-refractivity contribution in [1.29, 1.82) is 0 Å². The third-order valence-electron chi connectivity index (χ3n) is 3.92. The Kier molecular flexibility index (Phi) is 6.32. The summed E-state index contributed by atoms with van der Waals surface area (Å²) in [5.74, 6) is 0.0528. The van der Waals surface area contributed by atoms with Gasteiger partial charge < -0.3 is 14.1 Å². The van der Waals surface area contributed by atoms with Crippen molar-refractivity contribution in [3.8, 4) is 0 Å². The van der Waals surface area contributed by atoms with Crippen molar-refractivity contribution >= 4 is 11.9 Å². The Morgan fingerprint density at radius 3 is 2.73 bits per heavy atom. The molecule has 0 aliphatic heterocycles. The van der Waals surface area contributed by atoms with Crippen molar-refractivity contribution in [3.63, 3.8) is 0 Å². The molecule has 1 amide bonds. The minimum Gasteiger partial charge on any atom is -0.465 e. The Hall–Kier alpha value is -2.90. The van der Waals surface area contributed by atoms with Crippen LogP contribution in [0.1, 0.15) is 52.1 Å². The van der Waals surface area contributed by atoms with Crippen LogP contribution in [0.5, 0.6) is 0 Å². The summed E-state index contributed by atoms with van der Waals surface area (Å²) in [6, 6.07) is 4.31. The van der Waals surface area contributed by atoms with Crippen molar-refractivity contribution in [3.05, 3.63) is 51.3 Å². The third kappa shape index (κ3) is 4.38. The minimum absolute atomic E-state index is 0.159. The van der Waals surface area contributed by atoms with Gasteiger partial charge in [0.1, 0.15) is 22.8 Å². The molecule has 26 heavy (non-hydrogen) atoms. The Morgan fingerprint density at radius 2 is 2.08 bits per heavy atom. The summed E-state index contributed by atoms with van der Waals surface area (Å²) in [4.78, 5) is 37.4. The van der Waals surface area contributed by atoms with E-state index in [1.54, 1.807) is 20.0 Å². The molecule has 0 aromatic carbocycles. The van der Waals surface area contributed by atoms with Gasteiger partial charge in [0, 0.05) is 19.7 Å². The molecule has 0 saturated carbocycles. The molecule has 0 bridgehead atoms. The standard InChI is InChI=1S/C18H23N3O5/c1-5-6-9-21-16(22)8-7-15(19-21)17(23)20(3)11-13-10-14(12(2)26-13)18(24)25-4/h7-8,10H,5-6,9,11H2,1-4H3. The van der Waals surface area contributed by atoms with Crippen molar-refractivity contribution in [2.24, 2.45) is 0 Å². The number of aromatic nitrogens is 2. The quantitative estimate of drug-likeness (QED) is 0.700. The van der Waals surface area contributed by atoms with E-state index in [1.807, 2.05) is 6.92 Å². The average molecular weight is 361 g/mol. The van der Waals surface area contributed by atoms with Gasteiger partial charge in [0.05, 0.1) is 13.7 Å². The fourth-order valence-corrected chi connectivity index (χ4v) is 2.47. The zero-order valence-electron chi connectivity index (χ0n) is 15.4. The van der Waals surface area contributed by atoms with E-state index in [2.05, 4.69) is 9.84 Å². The van der Waals surface area contributed by atoms with E-state index in [0.717, 1.165) is 12.8 Å². The van der Waals surface area contributed by atoms with E-state index in [4.69, 9.17) is 4.42 Å². The molecular formula is C18H23N3O5. The molecule has 0 saturated heterocycles. The predicted molar refractivity (Wildman–Crippen MR) is 94.0 cm³/mol. The van der Waals surface area contributed by atoms with Gasteiger partial charge in [-0.1, -0.05) is 13.3 Å². The Morgan fingerprint density at radius 1 is 1.35 bits per heavy atom. The van der Waals surface area contributed by atoms with Gasteiger partial charge in [-0.25, -0.2) is 9.48 Å². The number of nitrogens with zero attached hydrogens (tertiary/aromatic N) is 3. The molecule has 2 aromatic heterocycles. The number of hydrogen-bond donors (Lipinski definition) is 0. The van der Waals surface area contributed by atoms with E-state index in [1.165, 1.54) is 28.8 Å². The molecule has 0 N–H and O–H groups in total. The van der Waals surface area contributed by atoms with Crippen LogP contribution in [0.2, 0.25) is 0 Å². The van der Waals surface area contributed by atoms with Gasteiger partial charge in [-0.2, -0.15) is 5.10 Å². The number of hydrogen-bond acceptors (Lipinski definition) is 6. The molecule has 2 heterocycles. The summed E-state index contributed by atoms with van der Waals surface area (Å²) < 4.78 is 11.5. The van der Waals surface area contributed by atoms with Gasteiger partial charge in [-0.05, 0) is 25.5 Å². The number of rotatable bonds is 7. The van der Waals surface area contributed by atoms with E-state index in [0.29, 0.717) is 23.6 Å². The lowest BCUT2D eigenvalue weighted by molar-refractivity contribution is 0.0598. The van der Waals surface area contributed by atoms with Crippen LogP contribution < -0.4 is 5.56 Å². The number of carbonyl (C=O) groups is 2. The zero-order valence-corrected chi connectivity index (χ0v) is 15.4. The summed E-state index contributed by atoms with van der Waals surface area (Å²) in [6.45, 7) is 4.30. The van der Waals surface area contributed by atoms with E-state index >= 15 is 0 Å². The van der Waals surface area contributed by atoms with Gasteiger partial charge in [-0.15, -0.1) is 0 Å². The maximum atomic E-state index is 12.6. The third-order valence-corrected chi connectivity index (χ3v) is 3.92. The highest BCUT2D eigenvalue weighted by atomic mass is 16.5. The Labute approximate surface area is 151 Å². The van der Waals surface area contributed by atoms with Crippen LogP contribution in [0.15, 0.2) is 27.4 Å². The number of furan rings is 1. The Bertz CT molecular complexity index is 853. The number of ether oxygens (including phenoxy) is 1. The first-order chi connectivity index (χ1) is 12.4. The molecule has 8 heteroatoms. The molecule has 0 radical (unpaired) electrons. The average Bonchev–Trinajstić information content (AvgIpc) is 2.99. The number of esters is 1. The van der Waals surface area contributed by atoms with Crippen molar-refractivity contribution in [2.75, 3.05) is 14.2 Å². The molecule has 140 valence electrons. The van der Waals surface area contributed by atoms with Crippen molar-refractivity contribution < 1.29 is 18.7 Å².